The minimum atomic E-state index is -1.01. The number of halogens is 1. The van der Waals surface area contributed by atoms with E-state index < -0.39 is 11.9 Å². The molecule has 0 spiro atoms. The normalized spacial score (nSPS) is 9.60. The number of rotatable bonds is 4. The Morgan fingerprint density at radius 1 is 1.00 bits per heavy atom. The lowest BCUT2D eigenvalue weighted by atomic mass is 10.1. The lowest BCUT2D eigenvalue weighted by Crippen LogP contribution is -3.00. The van der Waals surface area contributed by atoms with Gasteiger partial charge >= 0.3 is 11.9 Å². The van der Waals surface area contributed by atoms with Gasteiger partial charge in [0.1, 0.15) is 5.56 Å². The quantitative estimate of drug-likeness (QED) is 0.660. The van der Waals surface area contributed by atoms with Gasteiger partial charge < -0.3 is 27.2 Å². The van der Waals surface area contributed by atoms with Crippen molar-refractivity contribution < 1.29 is 41.4 Å². The molecule has 1 heterocycles. The van der Waals surface area contributed by atoms with E-state index in [4.69, 9.17) is 10.2 Å². The van der Waals surface area contributed by atoms with E-state index in [0.29, 0.717) is 12.1 Å². The molecule has 0 fully saturated rings. The first kappa shape index (κ1) is 15.8. The minimum Gasteiger partial charge on any atom is -1.00 e. The van der Waals surface area contributed by atoms with Crippen molar-refractivity contribution >= 4 is 11.9 Å². The highest BCUT2D eigenvalue weighted by atomic mass is 79.9. The van der Waals surface area contributed by atoms with Crippen molar-refractivity contribution in [1.29, 1.82) is 0 Å². The summed E-state index contributed by atoms with van der Waals surface area (Å²) < 4.78 is 1.64. The number of hydrogen-bond donors (Lipinski definition) is 2. The van der Waals surface area contributed by atoms with Crippen LogP contribution < -0.4 is 21.5 Å². The van der Waals surface area contributed by atoms with Gasteiger partial charge in [0.05, 0.1) is 5.56 Å². The molecule has 2 N–H and O–H groups in total. The van der Waals surface area contributed by atoms with Gasteiger partial charge in [-0.1, -0.05) is 18.2 Å². The lowest BCUT2D eigenvalue weighted by molar-refractivity contribution is -0.688. The van der Waals surface area contributed by atoms with Crippen LogP contribution in [0.15, 0.2) is 48.8 Å². The van der Waals surface area contributed by atoms with Crippen LogP contribution in [0.3, 0.4) is 0 Å². The lowest BCUT2D eigenvalue weighted by Gasteiger charge is -2.03. The first-order valence-electron chi connectivity index (χ1n) is 5.61. The molecule has 0 radical (unpaired) electrons. The molecular weight excluding hydrogens is 326 g/mol. The fourth-order valence-corrected chi connectivity index (χ4v) is 1.81. The Morgan fingerprint density at radius 3 is 2.35 bits per heavy atom. The molecule has 0 saturated heterocycles. The van der Waals surface area contributed by atoms with Gasteiger partial charge in [0.15, 0.2) is 18.9 Å². The number of carboxylic acid groups (broad SMARTS) is 2. The Labute approximate surface area is 125 Å². The summed E-state index contributed by atoms with van der Waals surface area (Å²) >= 11 is 0. The highest BCUT2D eigenvalue weighted by molar-refractivity contribution is 5.89. The van der Waals surface area contributed by atoms with Crippen LogP contribution in [-0.4, -0.2) is 22.2 Å². The van der Waals surface area contributed by atoms with Crippen LogP contribution in [0.1, 0.15) is 26.3 Å². The number of hydrogen-bond acceptors (Lipinski definition) is 2. The summed E-state index contributed by atoms with van der Waals surface area (Å²) in [7, 11) is 0. The van der Waals surface area contributed by atoms with Crippen molar-refractivity contribution in [3.05, 3.63) is 65.5 Å². The van der Waals surface area contributed by atoms with Crippen LogP contribution in [0.4, 0.5) is 0 Å². The zero-order valence-corrected chi connectivity index (χ0v) is 11.9. The van der Waals surface area contributed by atoms with Crippen molar-refractivity contribution in [1.82, 2.24) is 0 Å². The second-order valence-electron chi connectivity index (χ2n) is 4.03. The molecular formula is C14H12BrNO4. The predicted octanol–water partition coefficient (Wildman–Crippen LogP) is -1.58. The Bertz CT molecular complexity index is 643. The average molecular weight is 338 g/mol. The molecule has 0 aliphatic heterocycles. The maximum atomic E-state index is 11.1. The number of aromatic nitrogens is 1. The van der Waals surface area contributed by atoms with Crippen LogP contribution in [0, 0.1) is 0 Å². The van der Waals surface area contributed by atoms with E-state index in [1.165, 1.54) is 18.3 Å². The first-order chi connectivity index (χ1) is 9.08. The monoisotopic (exact) mass is 337 g/mol. The average Bonchev–Trinajstić information content (AvgIpc) is 2.39. The van der Waals surface area contributed by atoms with Crippen LogP contribution in [-0.2, 0) is 6.54 Å². The Morgan fingerprint density at radius 2 is 1.70 bits per heavy atom. The van der Waals surface area contributed by atoms with Crippen molar-refractivity contribution in [2.75, 3.05) is 0 Å². The standard InChI is InChI=1S/C14H11NO4.BrH/c16-13(17)11-5-3-7-15(9-11)8-10-4-1-2-6-12(10)14(18)19;/h1-7,9H,8H2,(H-,16,17,18,19);1H. The highest BCUT2D eigenvalue weighted by Gasteiger charge is 2.14. The van der Waals surface area contributed by atoms with E-state index in [2.05, 4.69) is 0 Å². The van der Waals surface area contributed by atoms with E-state index in [9.17, 15) is 9.59 Å². The van der Waals surface area contributed by atoms with Crippen LogP contribution in [0.25, 0.3) is 0 Å². The number of benzene rings is 1. The molecule has 1 aromatic carbocycles. The topological polar surface area (TPSA) is 78.5 Å². The molecule has 104 valence electrons. The van der Waals surface area contributed by atoms with Gasteiger partial charge in [-0.3, -0.25) is 0 Å². The summed E-state index contributed by atoms with van der Waals surface area (Å²) in [6, 6.07) is 9.76. The molecule has 20 heavy (non-hydrogen) atoms. The predicted molar refractivity (Wildman–Crippen MR) is 66.1 cm³/mol. The van der Waals surface area contributed by atoms with Gasteiger partial charge in [-0.25, -0.2) is 9.59 Å². The Balaban J connectivity index is 0.00000200. The van der Waals surface area contributed by atoms with E-state index in [-0.39, 0.29) is 28.1 Å². The highest BCUT2D eigenvalue weighted by Crippen LogP contribution is 2.08. The molecule has 6 heteroatoms. The third-order valence-corrected chi connectivity index (χ3v) is 2.71. The molecule has 0 unspecified atom stereocenters. The van der Waals surface area contributed by atoms with Crippen molar-refractivity contribution in [2.24, 2.45) is 0 Å². The Hall–Kier alpha value is -2.21. The van der Waals surface area contributed by atoms with Crippen LogP contribution in [0.2, 0.25) is 0 Å². The van der Waals surface area contributed by atoms with Crippen LogP contribution in [0.5, 0.6) is 0 Å². The third kappa shape index (κ3) is 3.64. The van der Waals surface area contributed by atoms with Gasteiger partial charge in [-0.05, 0) is 12.1 Å². The first-order valence-corrected chi connectivity index (χ1v) is 5.61. The maximum absolute atomic E-state index is 11.1. The van der Waals surface area contributed by atoms with Gasteiger partial charge in [-0.2, -0.15) is 4.57 Å². The van der Waals surface area contributed by atoms with E-state index in [1.807, 2.05) is 0 Å². The molecule has 0 amide bonds. The molecule has 5 nitrogen and oxygen atoms in total. The minimum absolute atomic E-state index is 0. The number of pyridine rings is 1. The summed E-state index contributed by atoms with van der Waals surface area (Å²) in [5.74, 6) is -2.01. The van der Waals surface area contributed by atoms with E-state index in [1.54, 1.807) is 35.0 Å². The fourth-order valence-electron chi connectivity index (χ4n) is 1.81. The number of carbonyl (C=O) groups is 2. The summed E-state index contributed by atoms with van der Waals surface area (Å²) in [6.07, 6.45) is 3.17. The third-order valence-electron chi connectivity index (χ3n) is 2.71. The second-order valence-corrected chi connectivity index (χ2v) is 4.03. The van der Waals surface area contributed by atoms with Crippen LogP contribution >= 0.6 is 0 Å². The number of nitrogens with zero attached hydrogens (tertiary/aromatic N) is 1. The van der Waals surface area contributed by atoms with Crippen molar-refractivity contribution in [3.8, 4) is 0 Å². The van der Waals surface area contributed by atoms with Gasteiger partial charge in [0, 0.05) is 11.6 Å². The second kappa shape index (κ2) is 6.81. The largest absolute Gasteiger partial charge is 1.00 e. The molecule has 0 bridgehead atoms. The SMILES string of the molecule is O=C(O)c1ccc[n+](Cc2ccccc2C(=O)O)c1.[Br-]. The Kier molecular flexibility index (Phi) is 5.40. The van der Waals surface area contributed by atoms with Gasteiger partial charge in [0.2, 0.25) is 0 Å². The molecule has 0 saturated carbocycles. The molecule has 0 aliphatic carbocycles. The molecule has 2 rings (SSSR count). The summed E-state index contributed by atoms with van der Waals surface area (Å²) in [6.45, 7) is 0.309. The zero-order chi connectivity index (χ0) is 13.8. The summed E-state index contributed by atoms with van der Waals surface area (Å²) in [5, 5.41) is 18.0. The molecule has 2 aromatic rings. The summed E-state index contributed by atoms with van der Waals surface area (Å²) in [4.78, 5) is 22.0. The summed E-state index contributed by atoms with van der Waals surface area (Å²) in [5.41, 5.74) is 1.01. The smallest absolute Gasteiger partial charge is 0.341 e. The van der Waals surface area contributed by atoms with E-state index >= 15 is 0 Å². The molecule has 1 aromatic heterocycles. The van der Waals surface area contributed by atoms with Gasteiger partial charge in [0.25, 0.3) is 0 Å². The fraction of sp³-hybridized carbons (Fsp3) is 0.0714. The zero-order valence-electron chi connectivity index (χ0n) is 10.4. The maximum Gasteiger partial charge on any atom is 0.341 e. The molecule has 0 aliphatic rings. The number of aromatic carboxylic acids is 2. The van der Waals surface area contributed by atoms with Crippen molar-refractivity contribution in [3.63, 3.8) is 0 Å². The van der Waals surface area contributed by atoms with Crippen molar-refractivity contribution in [2.45, 2.75) is 6.54 Å². The molecule has 0 atom stereocenters. The van der Waals surface area contributed by atoms with E-state index in [0.717, 1.165) is 0 Å². The number of carboxylic acids is 2. The van der Waals surface area contributed by atoms with Gasteiger partial charge in [-0.15, -0.1) is 0 Å².